The van der Waals surface area contributed by atoms with Gasteiger partial charge in [0.1, 0.15) is 5.75 Å². The van der Waals surface area contributed by atoms with Crippen LogP contribution in [0.2, 0.25) is 0 Å². The average Bonchev–Trinajstić information content (AvgIpc) is 2.91. The Balaban J connectivity index is 1.41. The molecule has 0 radical (unpaired) electrons. The molecule has 39 heavy (non-hydrogen) atoms. The summed E-state index contributed by atoms with van der Waals surface area (Å²) in [6.07, 6.45) is 2.33. The first kappa shape index (κ1) is 27.7. The Labute approximate surface area is 228 Å². The maximum absolute atomic E-state index is 13.0. The maximum Gasteiger partial charge on any atom is 0.323 e. The van der Waals surface area contributed by atoms with Gasteiger partial charge in [0, 0.05) is 24.3 Å². The van der Waals surface area contributed by atoms with Crippen LogP contribution in [0.25, 0.3) is 0 Å². The van der Waals surface area contributed by atoms with E-state index in [9.17, 15) is 14.4 Å². The average molecular weight is 531 g/mol. The first-order valence-corrected chi connectivity index (χ1v) is 13.0. The Morgan fingerprint density at radius 2 is 1.72 bits per heavy atom. The Bertz CT molecular complexity index is 1370. The van der Waals surface area contributed by atoms with Crippen molar-refractivity contribution in [3.8, 4) is 5.75 Å². The summed E-state index contributed by atoms with van der Waals surface area (Å²) in [5.74, 6) is -0.499. The van der Waals surface area contributed by atoms with Gasteiger partial charge in [-0.25, -0.2) is 4.79 Å². The van der Waals surface area contributed by atoms with E-state index in [1.54, 1.807) is 18.2 Å². The number of amides is 3. The Kier molecular flexibility index (Phi) is 9.17. The lowest BCUT2D eigenvalue weighted by Gasteiger charge is -2.24. The molecule has 3 aromatic rings. The van der Waals surface area contributed by atoms with Crippen LogP contribution in [0.15, 0.2) is 54.6 Å². The van der Waals surface area contributed by atoms with Gasteiger partial charge in [-0.2, -0.15) is 0 Å². The molecule has 204 valence electrons. The lowest BCUT2D eigenvalue weighted by molar-refractivity contribution is -0.137. The van der Waals surface area contributed by atoms with Crippen molar-refractivity contribution in [2.75, 3.05) is 29.6 Å². The molecule has 0 unspecified atom stereocenters. The summed E-state index contributed by atoms with van der Waals surface area (Å²) in [6, 6.07) is 16.3. The quantitative estimate of drug-likeness (QED) is 0.254. The van der Waals surface area contributed by atoms with Gasteiger partial charge in [-0.15, -0.1) is 0 Å². The molecule has 5 N–H and O–H groups in total. The summed E-state index contributed by atoms with van der Waals surface area (Å²) in [5, 5.41) is 21.0. The van der Waals surface area contributed by atoms with Crippen molar-refractivity contribution in [1.82, 2.24) is 5.32 Å². The number of nitrogens with one attached hydrogen (secondary N) is 4. The first-order chi connectivity index (χ1) is 18.8. The zero-order chi connectivity index (χ0) is 27.8. The monoisotopic (exact) mass is 530 g/mol. The van der Waals surface area contributed by atoms with Crippen molar-refractivity contribution in [3.63, 3.8) is 0 Å². The van der Waals surface area contributed by atoms with Crippen molar-refractivity contribution >= 4 is 35.0 Å². The molecule has 9 heteroatoms. The second-order valence-corrected chi connectivity index (χ2v) is 9.56. The van der Waals surface area contributed by atoms with Gasteiger partial charge < -0.3 is 31.1 Å². The Hall–Kier alpha value is -4.37. The summed E-state index contributed by atoms with van der Waals surface area (Å²) < 4.78 is 5.48. The highest BCUT2D eigenvalue weighted by Gasteiger charge is 2.19. The molecule has 4 rings (SSSR count). The third kappa shape index (κ3) is 7.36. The second-order valence-electron chi connectivity index (χ2n) is 9.56. The van der Waals surface area contributed by atoms with Crippen LogP contribution >= 0.6 is 0 Å². The minimum Gasteiger partial charge on any atom is -0.495 e. The molecular formula is C30H34N4O5. The fraction of sp³-hybridized carbons (Fsp3) is 0.300. The minimum atomic E-state index is -0.795. The van der Waals surface area contributed by atoms with E-state index in [0.29, 0.717) is 36.5 Å². The first-order valence-electron chi connectivity index (χ1n) is 13.0. The van der Waals surface area contributed by atoms with E-state index in [4.69, 9.17) is 9.84 Å². The fourth-order valence-corrected chi connectivity index (χ4v) is 4.77. The molecule has 0 saturated carbocycles. The molecule has 0 atom stereocenters. The number of urea groups is 1. The van der Waals surface area contributed by atoms with Gasteiger partial charge in [0.25, 0.3) is 0 Å². The molecule has 0 saturated heterocycles. The number of carbonyl (C=O) groups excluding carboxylic acids is 2. The van der Waals surface area contributed by atoms with Crippen LogP contribution in [0.4, 0.5) is 21.9 Å². The fourth-order valence-electron chi connectivity index (χ4n) is 4.77. The van der Waals surface area contributed by atoms with Gasteiger partial charge in [-0.1, -0.05) is 30.3 Å². The molecule has 1 aliphatic heterocycles. The number of para-hydroxylation sites is 1. The third-order valence-corrected chi connectivity index (χ3v) is 6.76. The zero-order valence-electron chi connectivity index (χ0n) is 22.2. The number of carboxylic acids is 1. The molecule has 0 fully saturated rings. The summed E-state index contributed by atoms with van der Waals surface area (Å²) >= 11 is 0. The molecule has 3 aromatic carbocycles. The van der Waals surface area contributed by atoms with Crippen LogP contribution in [0.5, 0.6) is 5.75 Å². The number of anilines is 3. The van der Waals surface area contributed by atoms with Crippen molar-refractivity contribution < 1.29 is 24.2 Å². The van der Waals surface area contributed by atoms with E-state index in [0.717, 1.165) is 46.5 Å². The third-order valence-electron chi connectivity index (χ3n) is 6.76. The van der Waals surface area contributed by atoms with E-state index >= 15 is 0 Å². The van der Waals surface area contributed by atoms with E-state index in [1.165, 1.54) is 7.11 Å². The number of fused-ring (bicyclic) bond motifs is 1. The number of carbonyl (C=O) groups is 3. The number of methoxy groups -OCH3 is 1. The number of benzene rings is 3. The van der Waals surface area contributed by atoms with E-state index in [2.05, 4.69) is 21.3 Å². The van der Waals surface area contributed by atoms with Gasteiger partial charge in [-0.3, -0.25) is 9.59 Å². The molecule has 0 aliphatic carbocycles. The van der Waals surface area contributed by atoms with Gasteiger partial charge in [0.15, 0.2) is 0 Å². The van der Waals surface area contributed by atoms with Crippen LogP contribution in [0.1, 0.15) is 40.7 Å². The van der Waals surface area contributed by atoms with Crippen LogP contribution in [-0.4, -0.2) is 36.7 Å². The van der Waals surface area contributed by atoms with Gasteiger partial charge in [0.05, 0.1) is 19.2 Å². The highest BCUT2D eigenvalue weighted by atomic mass is 16.5. The highest BCUT2D eigenvalue weighted by molar-refractivity contribution is 6.01. The zero-order valence-corrected chi connectivity index (χ0v) is 22.2. The van der Waals surface area contributed by atoms with Crippen molar-refractivity contribution in [1.29, 1.82) is 0 Å². The smallest absolute Gasteiger partial charge is 0.323 e. The molecule has 0 bridgehead atoms. The number of ether oxygens (including phenoxy) is 1. The standard InChI is InChI=1S/C30H34N4O5/c1-19-6-3-4-8-24(19)33-30(38)34-26-12-10-20(16-27(26)39-2)17-28(35)32-25-13-11-21(7-5-9-29(36)37)23-18-31-15-14-22(23)25/h3-4,6,8,10-13,16,31H,5,7,9,14-15,17-18H2,1-2H3,(H,32,35)(H,36,37)(H2,33,34,38). The van der Waals surface area contributed by atoms with Crippen LogP contribution < -0.4 is 26.0 Å². The molecule has 0 spiro atoms. The topological polar surface area (TPSA) is 129 Å². The summed E-state index contributed by atoms with van der Waals surface area (Å²) in [4.78, 5) is 36.4. The number of hydrogen-bond donors (Lipinski definition) is 5. The normalized spacial score (nSPS) is 12.3. The molecular weight excluding hydrogens is 496 g/mol. The molecule has 0 aromatic heterocycles. The lowest BCUT2D eigenvalue weighted by Crippen LogP contribution is -2.27. The van der Waals surface area contributed by atoms with Crippen molar-refractivity contribution in [2.24, 2.45) is 0 Å². The Morgan fingerprint density at radius 1 is 0.949 bits per heavy atom. The Morgan fingerprint density at radius 3 is 2.49 bits per heavy atom. The van der Waals surface area contributed by atoms with Crippen LogP contribution in [0.3, 0.4) is 0 Å². The number of aryl methyl sites for hydroxylation is 2. The minimum absolute atomic E-state index is 0.135. The maximum atomic E-state index is 13.0. The molecule has 1 aliphatic rings. The number of carboxylic acid groups (broad SMARTS) is 1. The number of rotatable bonds is 10. The highest BCUT2D eigenvalue weighted by Crippen LogP contribution is 2.29. The van der Waals surface area contributed by atoms with E-state index in [1.807, 2.05) is 43.3 Å². The predicted octanol–water partition coefficient (Wildman–Crippen LogP) is 4.88. The summed E-state index contributed by atoms with van der Waals surface area (Å²) in [7, 11) is 1.52. The van der Waals surface area contributed by atoms with Gasteiger partial charge in [0.2, 0.25) is 5.91 Å². The van der Waals surface area contributed by atoms with Gasteiger partial charge >= 0.3 is 12.0 Å². The molecule has 9 nitrogen and oxygen atoms in total. The van der Waals surface area contributed by atoms with E-state index in [-0.39, 0.29) is 18.7 Å². The second kappa shape index (κ2) is 12.9. The van der Waals surface area contributed by atoms with E-state index < -0.39 is 12.0 Å². The largest absolute Gasteiger partial charge is 0.495 e. The van der Waals surface area contributed by atoms with Crippen molar-refractivity contribution in [2.45, 2.75) is 45.6 Å². The molecule has 1 heterocycles. The van der Waals surface area contributed by atoms with Crippen LogP contribution in [-0.2, 0) is 35.4 Å². The lowest BCUT2D eigenvalue weighted by atomic mass is 9.91. The van der Waals surface area contributed by atoms with Gasteiger partial charge in [-0.05, 0) is 84.8 Å². The number of hydrogen-bond acceptors (Lipinski definition) is 5. The SMILES string of the molecule is COc1cc(CC(=O)Nc2ccc(CCCC(=O)O)c3c2CCNC3)ccc1NC(=O)Nc1ccccc1C. The number of aliphatic carboxylic acids is 1. The molecule has 3 amide bonds. The van der Waals surface area contributed by atoms with Crippen LogP contribution in [0, 0.1) is 6.92 Å². The van der Waals surface area contributed by atoms with Crippen molar-refractivity contribution in [3.05, 3.63) is 82.4 Å². The summed E-state index contributed by atoms with van der Waals surface area (Å²) in [5.41, 5.74) is 7.06. The summed E-state index contributed by atoms with van der Waals surface area (Å²) in [6.45, 7) is 3.43. The predicted molar refractivity (Wildman–Crippen MR) is 152 cm³/mol.